The average Bonchev–Trinajstić information content (AvgIpc) is 3.50. The highest BCUT2D eigenvalue weighted by Crippen LogP contribution is 2.35. The third kappa shape index (κ3) is 4.11. The second-order valence-corrected chi connectivity index (χ2v) is 10.4. The van der Waals surface area contributed by atoms with Crippen LogP contribution in [0.2, 0.25) is 5.02 Å². The number of halogens is 1. The van der Waals surface area contributed by atoms with Crippen molar-refractivity contribution in [2.24, 2.45) is 0 Å². The third-order valence-corrected chi connectivity index (χ3v) is 7.69. The lowest BCUT2D eigenvalue weighted by Gasteiger charge is -2.13. The first kappa shape index (κ1) is 22.0. The molecule has 0 bridgehead atoms. The van der Waals surface area contributed by atoms with Gasteiger partial charge in [-0.3, -0.25) is 9.78 Å². The van der Waals surface area contributed by atoms with E-state index in [4.69, 9.17) is 21.6 Å². The van der Waals surface area contributed by atoms with E-state index in [9.17, 15) is 4.79 Å². The summed E-state index contributed by atoms with van der Waals surface area (Å²) in [4.78, 5) is 24.3. The van der Waals surface area contributed by atoms with Crippen LogP contribution in [0.3, 0.4) is 0 Å². The van der Waals surface area contributed by atoms with Crippen molar-refractivity contribution in [1.82, 2.24) is 9.97 Å². The zero-order valence-corrected chi connectivity index (χ0v) is 20.7. The summed E-state index contributed by atoms with van der Waals surface area (Å²) in [6.45, 7) is 2.09. The minimum atomic E-state index is -0.123. The Kier molecular flexibility index (Phi) is 5.59. The molecule has 1 amide bonds. The lowest BCUT2D eigenvalue weighted by molar-refractivity contribution is 0.102. The van der Waals surface area contributed by atoms with Gasteiger partial charge in [0, 0.05) is 37.8 Å². The maximum absolute atomic E-state index is 13.5. The maximum Gasteiger partial charge on any atom is 0.256 e. The predicted octanol–water partition coefficient (Wildman–Crippen LogP) is 7.73. The summed E-state index contributed by atoms with van der Waals surface area (Å²) in [7, 11) is 0. The van der Waals surface area contributed by atoms with Crippen molar-refractivity contribution in [2.45, 2.75) is 26.2 Å². The fourth-order valence-electron chi connectivity index (χ4n) is 4.77. The van der Waals surface area contributed by atoms with Crippen LogP contribution < -0.4 is 5.32 Å². The number of hydrogen-bond donors (Lipinski definition) is 1. The summed E-state index contributed by atoms with van der Waals surface area (Å²) in [5.41, 5.74) is 7.43. The number of amides is 1. The van der Waals surface area contributed by atoms with Crippen LogP contribution in [-0.2, 0) is 12.8 Å². The Morgan fingerprint density at radius 1 is 0.943 bits per heavy atom. The molecule has 6 heteroatoms. The third-order valence-electron chi connectivity index (χ3n) is 6.43. The van der Waals surface area contributed by atoms with E-state index < -0.39 is 0 Å². The molecule has 0 fully saturated rings. The zero-order chi connectivity index (χ0) is 23.9. The maximum atomic E-state index is 13.5. The number of carbonyl (C=O) groups excluding carboxylic acids is 1. The van der Waals surface area contributed by atoms with Gasteiger partial charge in [-0.05, 0) is 62.1 Å². The smallest absolute Gasteiger partial charge is 0.256 e. The van der Waals surface area contributed by atoms with Gasteiger partial charge in [-0.15, -0.1) is 11.3 Å². The fourth-order valence-corrected chi connectivity index (χ4v) is 5.88. The highest BCUT2D eigenvalue weighted by atomic mass is 35.5. The molecule has 172 valence electrons. The van der Waals surface area contributed by atoms with Crippen LogP contribution in [0.5, 0.6) is 0 Å². The Morgan fingerprint density at radius 2 is 1.74 bits per heavy atom. The molecule has 5 aromatic rings. The van der Waals surface area contributed by atoms with Gasteiger partial charge in [0.25, 0.3) is 5.91 Å². The van der Waals surface area contributed by atoms with E-state index >= 15 is 0 Å². The largest absolute Gasteiger partial charge is 0.322 e. The number of benzene rings is 3. The van der Waals surface area contributed by atoms with Gasteiger partial charge in [-0.2, -0.15) is 0 Å². The highest BCUT2D eigenvalue weighted by molar-refractivity contribution is 7.15. The Balaban J connectivity index is 1.30. The van der Waals surface area contributed by atoms with Crippen molar-refractivity contribution in [1.29, 1.82) is 0 Å². The lowest BCUT2D eigenvalue weighted by Crippen LogP contribution is -2.15. The molecule has 0 saturated heterocycles. The lowest BCUT2D eigenvalue weighted by atomic mass is 10.0. The van der Waals surface area contributed by atoms with E-state index in [0.29, 0.717) is 10.6 Å². The van der Waals surface area contributed by atoms with Gasteiger partial charge in [0.15, 0.2) is 0 Å². The molecule has 6 rings (SSSR count). The molecule has 0 radical (unpaired) electrons. The van der Waals surface area contributed by atoms with Crippen LogP contribution in [0.1, 0.15) is 32.9 Å². The molecule has 1 aliphatic carbocycles. The monoisotopic (exact) mass is 495 g/mol. The molecule has 0 saturated carbocycles. The number of aromatic nitrogens is 2. The van der Waals surface area contributed by atoms with Crippen LogP contribution in [-0.4, -0.2) is 15.9 Å². The number of aryl methyl sites for hydroxylation is 2. The number of hydrogen-bond acceptors (Lipinski definition) is 4. The summed E-state index contributed by atoms with van der Waals surface area (Å²) in [5.74, 6) is -0.123. The van der Waals surface area contributed by atoms with Gasteiger partial charge in [-0.25, -0.2) is 4.98 Å². The van der Waals surface area contributed by atoms with Crippen molar-refractivity contribution >= 4 is 45.4 Å². The van der Waals surface area contributed by atoms with Gasteiger partial charge in [0.2, 0.25) is 0 Å². The summed E-state index contributed by atoms with van der Waals surface area (Å²) in [6.07, 6.45) is 2.78. The number of nitrogens with one attached hydrogen (secondary N) is 1. The number of nitrogens with zero attached hydrogens (tertiary/aromatic N) is 2. The number of thiazole rings is 1. The Morgan fingerprint density at radius 3 is 2.54 bits per heavy atom. The van der Waals surface area contributed by atoms with Crippen LogP contribution in [0.15, 0.2) is 72.8 Å². The van der Waals surface area contributed by atoms with Gasteiger partial charge in [0.1, 0.15) is 5.01 Å². The van der Waals surface area contributed by atoms with Crippen LogP contribution in [0, 0.1) is 6.92 Å². The van der Waals surface area contributed by atoms with Crippen molar-refractivity contribution < 1.29 is 4.79 Å². The van der Waals surface area contributed by atoms with Crippen LogP contribution in [0.25, 0.3) is 32.7 Å². The minimum Gasteiger partial charge on any atom is -0.322 e. The van der Waals surface area contributed by atoms with Crippen LogP contribution >= 0.6 is 22.9 Å². The normalized spacial score (nSPS) is 12.6. The number of carbonyl (C=O) groups is 1. The molecule has 1 N–H and O–H groups in total. The molecule has 1 aliphatic rings. The van der Waals surface area contributed by atoms with E-state index in [-0.39, 0.29) is 5.91 Å². The van der Waals surface area contributed by atoms with E-state index in [0.717, 1.165) is 73.8 Å². The summed E-state index contributed by atoms with van der Waals surface area (Å²) < 4.78 is 0. The molecule has 4 nitrogen and oxygen atoms in total. The Bertz CT molecular complexity index is 1580. The van der Waals surface area contributed by atoms with Crippen molar-refractivity contribution in [3.05, 3.63) is 99.5 Å². The van der Waals surface area contributed by atoms with Gasteiger partial charge >= 0.3 is 0 Å². The van der Waals surface area contributed by atoms with Gasteiger partial charge in [-0.1, -0.05) is 54.1 Å². The van der Waals surface area contributed by atoms with E-state index in [1.165, 1.54) is 0 Å². The molecular weight excluding hydrogens is 474 g/mol. The average molecular weight is 496 g/mol. The number of fused-ring (bicyclic) bond motifs is 2. The topological polar surface area (TPSA) is 54.9 Å². The number of anilines is 1. The molecule has 2 aromatic heterocycles. The summed E-state index contributed by atoms with van der Waals surface area (Å²) in [5, 5.41) is 5.51. The number of rotatable bonds is 4. The van der Waals surface area contributed by atoms with Gasteiger partial charge < -0.3 is 5.32 Å². The predicted molar refractivity (Wildman–Crippen MR) is 144 cm³/mol. The second kappa shape index (κ2) is 8.91. The Labute approximate surface area is 212 Å². The number of pyridine rings is 1. The standard InChI is InChI=1S/C29H22ClN3OS/c1-17-27(33-29(35-17)19-6-3-2-4-7-19)18-10-13-21(14-11-18)31-28(34)26-22-8-5-9-24(22)32-25-15-12-20(30)16-23(25)26/h2-4,6-7,10-16H,5,8-9H2,1H3,(H,31,34). The quantitative estimate of drug-likeness (QED) is 0.277. The summed E-state index contributed by atoms with van der Waals surface area (Å²) >= 11 is 7.96. The molecule has 0 unspecified atom stereocenters. The molecule has 3 aromatic carbocycles. The highest BCUT2D eigenvalue weighted by Gasteiger charge is 2.24. The fraction of sp³-hybridized carbons (Fsp3) is 0.138. The van der Waals surface area contributed by atoms with Crippen molar-refractivity contribution in [3.8, 4) is 21.8 Å². The molecule has 35 heavy (non-hydrogen) atoms. The SMILES string of the molecule is Cc1sc(-c2ccccc2)nc1-c1ccc(NC(=O)c2c3c(nc4ccc(Cl)cc24)CCC3)cc1. The minimum absolute atomic E-state index is 0.123. The second-order valence-electron chi connectivity index (χ2n) is 8.75. The van der Waals surface area contributed by atoms with Crippen molar-refractivity contribution in [2.75, 3.05) is 5.32 Å². The Hall–Kier alpha value is -3.54. The van der Waals surface area contributed by atoms with Gasteiger partial charge in [0.05, 0.1) is 16.8 Å². The van der Waals surface area contributed by atoms with E-state index in [1.807, 2.05) is 60.7 Å². The zero-order valence-electron chi connectivity index (χ0n) is 19.1. The van der Waals surface area contributed by atoms with Crippen molar-refractivity contribution in [3.63, 3.8) is 0 Å². The molecule has 2 heterocycles. The molecule has 0 atom stereocenters. The first-order valence-corrected chi connectivity index (χ1v) is 12.8. The molecule has 0 aliphatic heterocycles. The van der Waals surface area contributed by atoms with E-state index in [2.05, 4.69) is 24.4 Å². The molecular formula is C29H22ClN3OS. The molecule has 0 spiro atoms. The first-order chi connectivity index (χ1) is 17.1. The van der Waals surface area contributed by atoms with Crippen LogP contribution in [0.4, 0.5) is 5.69 Å². The van der Waals surface area contributed by atoms with E-state index in [1.54, 1.807) is 11.3 Å². The summed E-state index contributed by atoms with van der Waals surface area (Å²) in [6, 6.07) is 23.7. The first-order valence-electron chi connectivity index (χ1n) is 11.6.